The van der Waals surface area contributed by atoms with E-state index in [0.717, 1.165) is 41.2 Å². The van der Waals surface area contributed by atoms with Crippen molar-refractivity contribution < 1.29 is 22.8 Å². The van der Waals surface area contributed by atoms with Crippen LogP contribution in [0.5, 0.6) is 0 Å². The maximum Gasteiger partial charge on any atom is 0.416 e. The van der Waals surface area contributed by atoms with Crippen molar-refractivity contribution in [2.24, 2.45) is 7.05 Å². The third-order valence-corrected chi connectivity index (χ3v) is 4.47. The number of nitrogens with one attached hydrogen (secondary N) is 2. The second-order valence-corrected chi connectivity index (χ2v) is 6.45. The number of halogens is 3. The van der Waals surface area contributed by atoms with Crippen molar-refractivity contribution in [1.29, 1.82) is 0 Å². The molecule has 0 saturated heterocycles. The molecule has 0 aliphatic carbocycles. The lowest BCUT2D eigenvalue weighted by Crippen LogP contribution is -2.34. The number of rotatable bonds is 7. The van der Waals surface area contributed by atoms with Crippen LogP contribution in [0.2, 0.25) is 0 Å². The fraction of sp³-hybridized carbons (Fsp3) is 0.421. The Balaban J connectivity index is 1.71. The minimum Gasteiger partial charge on any atom is -0.354 e. The number of carbonyl (C=O) groups excluding carboxylic acids is 2. The molecule has 9 heteroatoms. The molecule has 0 bridgehead atoms. The molecule has 2 rings (SSSR count). The minimum atomic E-state index is -4.44. The number of aromatic nitrogens is 2. The lowest BCUT2D eigenvalue weighted by Gasteiger charge is -2.09. The molecule has 1 heterocycles. The Morgan fingerprint density at radius 1 is 1.07 bits per heavy atom. The average molecular weight is 396 g/mol. The molecule has 0 unspecified atom stereocenters. The Hall–Kier alpha value is -2.84. The normalized spacial score (nSPS) is 11.4. The zero-order valence-corrected chi connectivity index (χ0v) is 16.0. The first-order valence-electron chi connectivity index (χ1n) is 8.81. The molecule has 0 spiro atoms. The predicted molar refractivity (Wildman–Crippen MR) is 97.8 cm³/mol. The van der Waals surface area contributed by atoms with E-state index in [4.69, 9.17) is 0 Å². The smallest absolute Gasteiger partial charge is 0.354 e. The second-order valence-electron chi connectivity index (χ2n) is 6.45. The highest BCUT2D eigenvalue weighted by molar-refractivity contribution is 5.94. The van der Waals surface area contributed by atoms with Crippen LogP contribution in [0.4, 0.5) is 13.2 Å². The van der Waals surface area contributed by atoms with E-state index in [1.807, 2.05) is 20.9 Å². The summed E-state index contributed by atoms with van der Waals surface area (Å²) in [4.78, 5) is 23.9. The third kappa shape index (κ3) is 5.58. The summed E-state index contributed by atoms with van der Waals surface area (Å²) in [6.07, 6.45) is -3.55. The van der Waals surface area contributed by atoms with Gasteiger partial charge in [-0.2, -0.15) is 18.3 Å². The fourth-order valence-electron chi connectivity index (χ4n) is 2.80. The van der Waals surface area contributed by atoms with Gasteiger partial charge in [0.25, 0.3) is 5.91 Å². The molecule has 2 aromatic rings. The van der Waals surface area contributed by atoms with Crippen LogP contribution in [-0.2, 0) is 24.4 Å². The third-order valence-electron chi connectivity index (χ3n) is 4.47. The molecular formula is C19H23F3N4O2. The van der Waals surface area contributed by atoms with Crippen LogP contribution in [-0.4, -0.2) is 34.7 Å². The molecule has 0 saturated carbocycles. The van der Waals surface area contributed by atoms with Crippen molar-refractivity contribution in [2.75, 3.05) is 13.1 Å². The lowest BCUT2D eigenvalue weighted by molar-refractivity contribution is -0.137. The number of carbonyl (C=O) groups is 2. The molecule has 2 amide bonds. The first-order valence-corrected chi connectivity index (χ1v) is 8.81. The van der Waals surface area contributed by atoms with Gasteiger partial charge in [-0.05, 0) is 50.1 Å². The second kappa shape index (κ2) is 8.90. The van der Waals surface area contributed by atoms with E-state index in [2.05, 4.69) is 15.7 Å². The number of hydrogen-bond acceptors (Lipinski definition) is 3. The van der Waals surface area contributed by atoms with Crippen molar-refractivity contribution in [3.63, 3.8) is 0 Å². The first kappa shape index (κ1) is 21.5. The van der Waals surface area contributed by atoms with E-state index in [9.17, 15) is 22.8 Å². The monoisotopic (exact) mass is 396 g/mol. The van der Waals surface area contributed by atoms with E-state index in [1.165, 1.54) is 0 Å². The molecule has 0 aliphatic heterocycles. The van der Waals surface area contributed by atoms with E-state index >= 15 is 0 Å². The van der Waals surface area contributed by atoms with Crippen molar-refractivity contribution in [3.8, 4) is 0 Å². The Bertz CT molecular complexity index is 842. The van der Waals surface area contributed by atoms with Gasteiger partial charge in [0.1, 0.15) is 0 Å². The van der Waals surface area contributed by atoms with Crippen molar-refractivity contribution in [3.05, 3.63) is 52.3 Å². The molecule has 1 aromatic carbocycles. The first-order chi connectivity index (χ1) is 13.1. The summed E-state index contributed by atoms with van der Waals surface area (Å²) in [6.45, 7) is 4.26. The Morgan fingerprint density at radius 3 is 2.21 bits per heavy atom. The standard InChI is InChI=1S/C19H23F3N4O2/c1-12-16(13(2)26(3)25-12)8-9-17(27)23-10-11-24-18(28)14-4-6-15(7-5-14)19(20,21)22/h4-7H,8-11H2,1-3H3,(H,23,27)(H,24,28). The summed E-state index contributed by atoms with van der Waals surface area (Å²) in [5.41, 5.74) is 2.29. The quantitative estimate of drug-likeness (QED) is 0.707. The number of benzene rings is 1. The Kier molecular flexibility index (Phi) is 6.82. The van der Waals surface area contributed by atoms with Gasteiger partial charge in [-0.15, -0.1) is 0 Å². The summed E-state index contributed by atoms with van der Waals surface area (Å²) < 4.78 is 39.3. The molecular weight excluding hydrogens is 373 g/mol. The molecule has 0 atom stereocenters. The van der Waals surface area contributed by atoms with Gasteiger partial charge in [-0.1, -0.05) is 0 Å². The molecule has 0 radical (unpaired) electrons. The number of nitrogens with zero attached hydrogens (tertiary/aromatic N) is 2. The summed E-state index contributed by atoms with van der Waals surface area (Å²) in [5.74, 6) is -0.643. The van der Waals surface area contributed by atoms with E-state index in [1.54, 1.807) is 4.68 Å². The maximum absolute atomic E-state index is 12.5. The van der Waals surface area contributed by atoms with Crippen LogP contribution < -0.4 is 10.6 Å². The fourth-order valence-corrected chi connectivity index (χ4v) is 2.80. The van der Waals surface area contributed by atoms with E-state index < -0.39 is 17.6 Å². The van der Waals surface area contributed by atoms with Crippen molar-refractivity contribution >= 4 is 11.8 Å². The maximum atomic E-state index is 12.5. The van der Waals surface area contributed by atoms with Crippen LogP contribution in [0.25, 0.3) is 0 Å². The van der Waals surface area contributed by atoms with Gasteiger partial charge in [0, 0.05) is 37.8 Å². The summed E-state index contributed by atoms with van der Waals surface area (Å²) in [5, 5.41) is 9.57. The van der Waals surface area contributed by atoms with Crippen LogP contribution in [0.1, 0.15) is 39.3 Å². The zero-order chi connectivity index (χ0) is 20.9. The van der Waals surface area contributed by atoms with Crippen molar-refractivity contribution in [1.82, 2.24) is 20.4 Å². The highest BCUT2D eigenvalue weighted by Crippen LogP contribution is 2.29. The highest BCUT2D eigenvalue weighted by atomic mass is 19.4. The molecule has 2 N–H and O–H groups in total. The number of hydrogen-bond donors (Lipinski definition) is 2. The number of aryl methyl sites for hydroxylation is 2. The molecule has 6 nitrogen and oxygen atoms in total. The average Bonchev–Trinajstić information content (AvgIpc) is 2.88. The summed E-state index contributed by atoms with van der Waals surface area (Å²) in [6, 6.07) is 3.96. The topological polar surface area (TPSA) is 76.0 Å². The van der Waals surface area contributed by atoms with E-state index in [-0.39, 0.29) is 24.6 Å². The summed E-state index contributed by atoms with van der Waals surface area (Å²) >= 11 is 0. The van der Waals surface area contributed by atoms with Crippen LogP contribution in [0, 0.1) is 13.8 Å². The Labute approximate surface area is 161 Å². The van der Waals surface area contributed by atoms with Crippen LogP contribution in [0.3, 0.4) is 0 Å². The number of alkyl halides is 3. The summed E-state index contributed by atoms with van der Waals surface area (Å²) in [7, 11) is 1.85. The SMILES string of the molecule is Cc1nn(C)c(C)c1CCC(=O)NCCNC(=O)c1ccc(C(F)(F)F)cc1. The van der Waals surface area contributed by atoms with Gasteiger partial charge >= 0.3 is 6.18 Å². The van der Waals surface area contributed by atoms with Crippen molar-refractivity contribution in [2.45, 2.75) is 32.9 Å². The highest BCUT2D eigenvalue weighted by Gasteiger charge is 2.30. The van der Waals surface area contributed by atoms with Gasteiger partial charge in [-0.25, -0.2) is 0 Å². The largest absolute Gasteiger partial charge is 0.416 e. The van der Waals surface area contributed by atoms with Gasteiger partial charge in [0.15, 0.2) is 0 Å². The lowest BCUT2D eigenvalue weighted by atomic mass is 10.1. The molecule has 28 heavy (non-hydrogen) atoms. The van der Waals surface area contributed by atoms with Gasteiger partial charge in [0.2, 0.25) is 5.91 Å². The van der Waals surface area contributed by atoms with Crippen LogP contribution >= 0.6 is 0 Å². The molecule has 1 aromatic heterocycles. The molecule has 152 valence electrons. The van der Waals surface area contributed by atoms with Crippen LogP contribution in [0.15, 0.2) is 24.3 Å². The molecule has 0 fully saturated rings. The van der Waals surface area contributed by atoms with E-state index in [0.29, 0.717) is 12.8 Å². The zero-order valence-electron chi connectivity index (χ0n) is 16.0. The molecule has 0 aliphatic rings. The minimum absolute atomic E-state index is 0.127. The predicted octanol–water partition coefficient (Wildman–Crippen LogP) is 2.53. The van der Waals surface area contributed by atoms with Gasteiger partial charge in [-0.3, -0.25) is 14.3 Å². The van der Waals surface area contributed by atoms with Gasteiger partial charge < -0.3 is 10.6 Å². The Morgan fingerprint density at radius 2 is 1.68 bits per heavy atom. The number of amides is 2. The van der Waals surface area contributed by atoms with Gasteiger partial charge in [0.05, 0.1) is 11.3 Å².